The molecule has 2 aromatic rings. The zero-order chi connectivity index (χ0) is 15.1. The molecule has 0 fully saturated rings. The molecule has 4 nitrogen and oxygen atoms in total. The quantitative estimate of drug-likeness (QED) is 0.833. The van der Waals surface area contributed by atoms with Crippen molar-refractivity contribution in [2.75, 3.05) is 18.5 Å². The maximum atomic E-state index is 5.84. The zero-order valence-electron chi connectivity index (χ0n) is 13.0. The molecule has 0 spiro atoms. The predicted molar refractivity (Wildman–Crippen MR) is 86.8 cm³/mol. The van der Waals surface area contributed by atoms with Gasteiger partial charge in [-0.25, -0.2) is 9.97 Å². The van der Waals surface area contributed by atoms with E-state index in [9.17, 15) is 0 Å². The highest BCUT2D eigenvalue weighted by atomic mass is 16.5. The molecule has 1 N–H and O–H groups in total. The molecule has 0 aliphatic carbocycles. The highest BCUT2D eigenvalue weighted by molar-refractivity contribution is 5.70. The van der Waals surface area contributed by atoms with E-state index in [-0.39, 0.29) is 0 Å². The van der Waals surface area contributed by atoms with Gasteiger partial charge in [-0.05, 0) is 37.5 Å². The number of hydrogen-bond acceptors (Lipinski definition) is 4. The number of ether oxygens (including phenoxy) is 1. The van der Waals surface area contributed by atoms with E-state index in [2.05, 4.69) is 29.1 Å². The van der Waals surface area contributed by atoms with Gasteiger partial charge in [0.2, 0.25) is 5.95 Å². The van der Waals surface area contributed by atoms with Gasteiger partial charge in [-0.1, -0.05) is 26.0 Å². The van der Waals surface area contributed by atoms with Crippen molar-refractivity contribution in [3.8, 4) is 17.0 Å². The van der Waals surface area contributed by atoms with Crippen molar-refractivity contribution in [2.45, 2.75) is 33.6 Å². The molecule has 112 valence electrons. The summed E-state index contributed by atoms with van der Waals surface area (Å²) in [5.41, 5.74) is 2.99. The molecule has 0 amide bonds. The van der Waals surface area contributed by atoms with Gasteiger partial charge < -0.3 is 10.1 Å². The minimum absolute atomic E-state index is 0.669. The summed E-state index contributed by atoms with van der Waals surface area (Å²) in [6.45, 7) is 7.83. The molecule has 0 aliphatic rings. The number of nitrogens with one attached hydrogen (secondary N) is 1. The number of aryl methyl sites for hydroxylation is 1. The average Bonchev–Trinajstić information content (AvgIpc) is 2.52. The molecule has 0 bridgehead atoms. The third-order valence-electron chi connectivity index (χ3n) is 3.11. The lowest BCUT2D eigenvalue weighted by molar-refractivity contribution is 0.318. The Hall–Kier alpha value is -2.10. The summed E-state index contributed by atoms with van der Waals surface area (Å²) in [6, 6.07) is 8.03. The van der Waals surface area contributed by atoms with Gasteiger partial charge in [0.25, 0.3) is 0 Å². The lowest BCUT2D eigenvalue weighted by Gasteiger charge is -2.13. The molecule has 2 rings (SSSR count). The topological polar surface area (TPSA) is 47.0 Å². The number of nitrogens with zero attached hydrogens (tertiary/aromatic N) is 2. The van der Waals surface area contributed by atoms with Crippen molar-refractivity contribution in [3.05, 3.63) is 36.0 Å². The van der Waals surface area contributed by atoms with Gasteiger partial charge in [-0.3, -0.25) is 0 Å². The third kappa shape index (κ3) is 3.94. The molecule has 4 heteroatoms. The van der Waals surface area contributed by atoms with E-state index in [1.54, 1.807) is 0 Å². The second-order valence-electron chi connectivity index (χ2n) is 5.00. The highest BCUT2D eigenvalue weighted by Crippen LogP contribution is 2.31. The molecule has 0 atom stereocenters. The van der Waals surface area contributed by atoms with Gasteiger partial charge >= 0.3 is 0 Å². The zero-order valence-corrected chi connectivity index (χ0v) is 13.0. The van der Waals surface area contributed by atoms with Gasteiger partial charge in [-0.2, -0.15) is 0 Å². The van der Waals surface area contributed by atoms with Crippen LogP contribution in [0.4, 0.5) is 5.95 Å². The van der Waals surface area contributed by atoms with E-state index in [0.29, 0.717) is 12.6 Å². The average molecular weight is 285 g/mol. The molecule has 21 heavy (non-hydrogen) atoms. The molecule has 0 saturated carbocycles. The molecule has 1 heterocycles. The smallest absolute Gasteiger partial charge is 0.223 e. The van der Waals surface area contributed by atoms with E-state index in [1.807, 2.05) is 37.4 Å². The summed E-state index contributed by atoms with van der Waals surface area (Å²) in [5.74, 6) is 1.55. The molecule has 0 radical (unpaired) electrons. The summed E-state index contributed by atoms with van der Waals surface area (Å²) < 4.78 is 5.84. The number of hydrogen-bond donors (Lipinski definition) is 1. The van der Waals surface area contributed by atoms with Crippen LogP contribution in [0.2, 0.25) is 0 Å². The first-order chi connectivity index (χ1) is 10.3. The molecule has 0 saturated heterocycles. The van der Waals surface area contributed by atoms with E-state index < -0.39 is 0 Å². The highest BCUT2D eigenvalue weighted by Gasteiger charge is 2.11. The van der Waals surface area contributed by atoms with Gasteiger partial charge in [0.15, 0.2) is 0 Å². The van der Waals surface area contributed by atoms with Crippen molar-refractivity contribution >= 4 is 5.95 Å². The molecule has 0 unspecified atom stereocenters. The van der Waals surface area contributed by atoms with Gasteiger partial charge in [0.05, 0.1) is 12.3 Å². The van der Waals surface area contributed by atoms with Crippen LogP contribution in [0.25, 0.3) is 11.3 Å². The molecular formula is C17H23N3O. The molecule has 1 aromatic heterocycles. The fourth-order valence-electron chi connectivity index (χ4n) is 2.04. The minimum Gasteiger partial charge on any atom is -0.493 e. The third-order valence-corrected chi connectivity index (χ3v) is 3.11. The van der Waals surface area contributed by atoms with Crippen LogP contribution >= 0.6 is 0 Å². The van der Waals surface area contributed by atoms with Crippen molar-refractivity contribution < 1.29 is 4.74 Å². The van der Waals surface area contributed by atoms with Gasteiger partial charge in [0.1, 0.15) is 5.75 Å². The largest absolute Gasteiger partial charge is 0.493 e. The fraction of sp³-hybridized carbons (Fsp3) is 0.412. The summed E-state index contributed by atoms with van der Waals surface area (Å²) in [6.07, 6.45) is 3.89. The molecule has 1 aromatic carbocycles. The van der Waals surface area contributed by atoms with Gasteiger partial charge in [0, 0.05) is 18.3 Å². The maximum Gasteiger partial charge on any atom is 0.223 e. The summed E-state index contributed by atoms with van der Waals surface area (Å²) >= 11 is 0. The maximum absolute atomic E-state index is 5.84. The standard InChI is InChI=1S/C17H23N3O/c1-4-10-18-17-19-12-13(3)16(20-17)14-8-6-7-9-15(14)21-11-5-2/h6-9,12H,4-5,10-11H2,1-3H3,(H,18,19,20). The normalized spacial score (nSPS) is 10.4. The first-order valence-electron chi connectivity index (χ1n) is 7.56. The van der Waals surface area contributed by atoms with Crippen molar-refractivity contribution in [2.24, 2.45) is 0 Å². The van der Waals surface area contributed by atoms with Crippen molar-refractivity contribution in [1.29, 1.82) is 0 Å². The number of anilines is 1. The number of para-hydroxylation sites is 1. The Labute approximate surface area is 126 Å². The van der Waals surface area contributed by atoms with E-state index in [4.69, 9.17) is 4.74 Å². The lowest BCUT2D eigenvalue weighted by Crippen LogP contribution is -2.06. The van der Waals surface area contributed by atoms with Gasteiger partial charge in [-0.15, -0.1) is 0 Å². The van der Waals surface area contributed by atoms with Crippen LogP contribution < -0.4 is 10.1 Å². The Bertz CT molecular complexity index is 584. The van der Waals surface area contributed by atoms with Crippen LogP contribution in [-0.4, -0.2) is 23.1 Å². The Balaban J connectivity index is 2.36. The molecular weight excluding hydrogens is 262 g/mol. The first-order valence-corrected chi connectivity index (χ1v) is 7.56. The SMILES string of the molecule is CCCNc1ncc(C)c(-c2ccccc2OCCC)n1. The Morgan fingerprint density at radius 3 is 2.71 bits per heavy atom. The van der Waals surface area contributed by atoms with Crippen molar-refractivity contribution in [3.63, 3.8) is 0 Å². The summed E-state index contributed by atoms with van der Waals surface area (Å²) in [7, 11) is 0. The summed E-state index contributed by atoms with van der Waals surface area (Å²) in [4.78, 5) is 8.98. The number of aromatic nitrogens is 2. The number of benzene rings is 1. The Kier molecular flexibility index (Phi) is 5.55. The second kappa shape index (κ2) is 7.62. The van der Waals surface area contributed by atoms with Crippen LogP contribution in [0.1, 0.15) is 32.3 Å². The Morgan fingerprint density at radius 2 is 1.95 bits per heavy atom. The molecule has 0 aliphatic heterocycles. The monoisotopic (exact) mass is 285 g/mol. The lowest BCUT2D eigenvalue weighted by atomic mass is 10.1. The van der Waals surface area contributed by atoms with Crippen LogP contribution in [0.3, 0.4) is 0 Å². The first kappa shape index (κ1) is 15.3. The number of rotatable bonds is 7. The minimum atomic E-state index is 0.669. The predicted octanol–water partition coefficient (Wildman–Crippen LogP) is 4.06. The van der Waals surface area contributed by atoms with Crippen LogP contribution in [0.5, 0.6) is 5.75 Å². The second-order valence-corrected chi connectivity index (χ2v) is 5.00. The van der Waals surface area contributed by atoms with E-state index in [0.717, 1.165) is 42.0 Å². The van der Waals surface area contributed by atoms with Crippen LogP contribution in [0, 0.1) is 6.92 Å². The van der Waals surface area contributed by atoms with E-state index in [1.165, 1.54) is 0 Å². The summed E-state index contributed by atoms with van der Waals surface area (Å²) in [5, 5.41) is 3.23. The fourth-order valence-corrected chi connectivity index (χ4v) is 2.04. The van der Waals surface area contributed by atoms with Crippen LogP contribution in [-0.2, 0) is 0 Å². The van der Waals surface area contributed by atoms with Crippen molar-refractivity contribution in [1.82, 2.24) is 9.97 Å². The van der Waals surface area contributed by atoms with E-state index >= 15 is 0 Å². The van der Waals surface area contributed by atoms with Crippen LogP contribution in [0.15, 0.2) is 30.5 Å². The Morgan fingerprint density at radius 1 is 1.14 bits per heavy atom.